The normalized spacial score (nSPS) is 18.9. The van der Waals surface area contributed by atoms with Crippen LogP contribution in [0.2, 0.25) is 0 Å². The fraction of sp³-hybridized carbons (Fsp3) is 0.571. The van der Waals surface area contributed by atoms with Gasteiger partial charge in [-0.25, -0.2) is 4.39 Å². The van der Waals surface area contributed by atoms with Crippen molar-refractivity contribution in [2.75, 3.05) is 0 Å². The van der Waals surface area contributed by atoms with Gasteiger partial charge < -0.3 is 5.32 Å². The number of hydrogen-bond donors (Lipinski definition) is 1. The molecule has 0 amide bonds. The van der Waals surface area contributed by atoms with Crippen molar-refractivity contribution >= 4 is 0 Å². The van der Waals surface area contributed by atoms with E-state index in [0.717, 1.165) is 18.0 Å². The highest BCUT2D eigenvalue weighted by atomic mass is 19.1. The molecule has 1 aromatic rings. The van der Waals surface area contributed by atoms with E-state index in [0.29, 0.717) is 6.04 Å². The van der Waals surface area contributed by atoms with Gasteiger partial charge in [0.15, 0.2) is 0 Å². The molecule has 0 radical (unpaired) electrons. The summed E-state index contributed by atoms with van der Waals surface area (Å²) in [5.41, 5.74) is 1.16. The van der Waals surface area contributed by atoms with Crippen LogP contribution in [-0.2, 0) is 6.54 Å². The number of halogens is 1. The van der Waals surface area contributed by atoms with Crippen molar-refractivity contribution < 1.29 is 4.39 Å². The Morgan fingerprint density at radius 2 is 1.88 bits per heavy atom. The quantitative estimate of drug-likeness (QED) is 0.820. The van der Waals surface area contributed by atoms with Crippen LogP contribution in [0.1, 0.15) is 38.2 Å². The van der Waals surface area contributed by atoms with Crippen LogP contribution in [0.5, 0.6) is 0 Å². The van der Waals surface area contributed by atoms with Crippen LogP contribution in [0, 0.1) is 11.7 Å². The summed E-state index contributed by atoms with van der Waals surface area (Å²) in [4.78, 5) is 0. The third-order valence-electron chi connectivity index (χ3n) is 3.65. The maximum absolute atomic E-state index is 12.7. The molecule has 0 heterocycles. The summed E-state index contributed by atoms with van der Waals surface area (Å²) in [5, 5.41) is 3.54. The van der Waals surface area contributed by atoms with Crippen molar-refractivity contribution in [1.82, 2.24) is 5.32 Å². The Labute approximate surface area is 97.1 Å². The predicted molar refractivity (Wildman–Crippen MR) is 64.7 cm³/mol. The molecule has 0 aromatic heterocycles. The van der Waals surface area contributed by atoms with E-state index in [1.165, 1.54) is 37.8 Å². The third-order valence-corrected chi connectivity index (χ3v) is 3.65. The van der Waals surface area contributed by atoms with E-state index in [9.17, 15) is 4.39 Å². The van der Waals surface area contributed by atoms with Crippen LogP contribution in [0.15, 0.2) is 24.3 Å². The van der Waals surface area contributed by atoms with Crippen molar-refractivity contribution in [2.45, 2.75) is 45.2 Å². The molecule has 1 aliphatic rings. The standard InChI is InChI=1S/C14H20FN/c1-11(13-4-2-3-5-13)16-10-12-6-8-14(15)9-7-12/h6-9,11,13,16H,2-5,10H2,1H3. The largest absolute Gasteiger partial charge is 0.310 e. The second-order valence-electron chi connectivity index (χ2n) is 4.84. The van der Waals surface area contributed by atoms with Gasteiger partial charge in [0.1, 0.15) is 5.82 Å². The SMILES string of the molecule is CC(NCc1ccc(F)cc1)C1CCCC1. The molecular weight excluding hydrogens is 201 g/mol. The molecule has 0 bridgehead atoms. The number of benzene rings is 1. The maximum Gasteiger partial charge on any atom is 0.123 e. The molecule has 1 nitrogen and oxygen atoms in total. The van der Waals surface area contributed by atoms with E-state index in [2.05, 4.69) is 12.2 Å². The molecule has 16 heavy (non-hydrogen) atoms. The first-order chi connectivity index (χ1) is 7.75. The highest BCUT2D eigenvalue weighted by Crippen LogP contribution is 2.27. The van der Waals surface area contributed by atoms with Gasteiger partial charge in [-0.05, 0) is 43.4 Å². The van der Waals surface area contributed by atoms with E-state index in [-0.39, 0.29) is 5.82 Å². The van der Waals surface area contributed by atoms with Gasteiger partial charge in [0.05, 0.1) is 0 Å². The number of nitrogens with one attached hydrogen (secondary N) is 1. The first-order valence-electron chi connectivity index (χ1n) is 6.23. The minimum absolute atomic E-state index is 0.160. The highest BCUT2D eigenvalue weighted by Gasteiger charge is 2.20. The summed E-state index contributed by atoms with van der Waals surface area (Å²) in [5.74, 6) is 0.674. The van der Waals surface area contributed by atoms with E-state index in [1.807, 2.05) is 12.1 Å². The van der Waals surface area contributed by atoms with Crippen molar-refractivity contribution in [3.8, 4) is 0 Å². The Morgan fingerprint density at radius 1 is 1.25 bits per heavy atom. The fourth-order valence-electron chi connectivity index (χ4n) is 2.51. The van der Waals surface area contributed by atoms with E-state index >= 15 is 0 Å². The first kappa shape index (κ1) is 11.6. The van der Waals surface area contributed by atoms with Gasteiger partial charge in [-0.15, -0.1) is 0 Å². The average Bonchev–Trinajstić information content (AvgIpc) is 2.81. The topological polar surface area (TPSA) is 12.0 Å². The average molecular weight is 221 g/mol. The second-order valence-corrected chi connectivity index (χ2v) is 4.84. The summed E-state index contributed by atoms with van der Waals surface area (Å²) >= 11 is 0. The lowest BCUT2D eigenvalue weighted by atomic mass is 9.99. The van der Waals surface area contributed by atoms with Crippen LogP contribution < -0.4 is 5.32 Å². The molecule has 1 unspecified atom stereocenters. The smallest absolute Gasteiger partial charge is 0.123 e. The Balaban J connectivity index is 1.80. The Kier molecular flexibility index (Phi) is 3.94. The summed E-state index contributed by atoms with van der Waals surface area (Å²) in [6.45, 7) is 3.11. The van der Waals surface area contributed by atoms with Crippen molar-refractivity contribution in [1.29, 1.82) is 0 Å². The summed E-state index contributed by atoms with van der Waals surface area (Å²) in [6, 6.07) is 7.33. The van der Waals surface area contributed by atoms with Gasteiger partial charge in [-0.1, -0.05) is 25.0 Å². The zero-order valence-corrected chi connectivity index (χ0v) is 9.88. The fourth-order valence-corrected chi connectivity index (χ4v) is 2.51. The van der Waals surface area contributed by atoms with Crippen LogP contribution in [0.3, 0.4) is 0 Å². The third kappa shape index (κ3) is 3.05. The van der Waals surface area contributed by atoms with Crippen LogP contribution in [0.25, 0.3) is 0 Å². The molecular formula is C14H20FN. The zero-order chi connectivity index (χ0) is 11.4. The van der Waals surface area contributed by atoms with Gasteiger partial charge in [0.25, 0.3) is 0 Å². The van der Waals surface area contributed by atoms with Crippen molar-refractivity contribution in [3.63, 3.8) is 0 Å². The molecule has 1 atom stereocenters. The van der Waals surface area contributed by atoms with Crippen LogP contribution >= 0.6 is 0 Å². The number of rotatable bonds is 4. The molecule has 1 fully saturated rings. The van der Waals surface area contributed by atoms with Crippen LogP contribution in [0.4, 0.5) is 4.39 Å². The molecule has 1 N–H and O–H groups in total. The van der Waals surface area contributed by atoms with Gasteiger partial charge in [-0.3, -0.25) is 0 Å². The summed E-state index contributed by atoms with van der Waals surface area (Å²) < 4.78 is 12.7. The van der Waals surface area contributed by atoms with E-state index < -0.39 is 0 Å². The molecule has 88 valence electrons. The minimum Gasteiger partial charge on any atom is -0.310 e. The van der Waals surface area contributed by atoms with Crippen molar-refractivity contribution in [3.05, 3.63) is 35.6 Å². The molecule has 0 spiro atoms. The monoisotopic (exact) mass is 221 g/mol. The second kappa shape index (κ2) is 5.44. The minimum atomic E-state index is -0.160. The molecule has 1 aromatic carbocycles. The lowest BCUT2D eigenvalue weighted by Gasteiger charge is -2.20. The summed E-state index contributed by atoms with van der Waals surface area (Å²) in [6.07, 6.45) is 5.48. The Hall–Kier alpha value is -0.890. The van der Waals surface area contributed by atoms with Gasteiger partial charge >= 0.3 is 0 Å². The Bertz CT molecular complexity index is 314. The first-order valence-corrected chi connectivity index (χ1v) is 6.23. The van der Waals surface area contributed by atoms with Gasteiger partial charge in [0, 0.05) is 12.6 Å². The lowest BCUT2D eigenvalue weighted by molar-refractivity contribution is 0.380. The zero-order valence-electron chi connectivity index (χ0n) is 9.88. The Morgan fingerprint density at radius 3 is 2.50 bits per heavy atom. The van der Waals surface area contributed by atoms with Gasteiger partial charge in [-0.2, -0.15) is 0 Å². The molecule has 2 rings (SSSR count). The predicted octanol–water partition coefficient (Wildman–Crippen LogP) is 3.49. The van der Waals surface area contributed by atoms with Crippen LogP contribution in [-0.4, -0.2) is 6.04 Å². The molecule has 2 heteroatoms. The lowest BCUT2D eigenvalue weighted by Crippen LogP contribution is -2.31. The molecule has 1 saturated carbocycles. The van der Waals surface area contributed by atoms with Crippen molar-refractivity contribution in [2.24, 2.45) is 5.92 Å². The number of hydrogen-bond acceptors (Lipinski definition) is 1. The molecule has 1 aliphatic carbocycles. The highest BCUT2D eigenvalue weighted by molar-refractivity contribution is 5.15. The van der Waals surface area contributed by atoms with E-state index in [1.54, 1.807) is 0 Å². The van der Waals surface area contributed by atoms with E-state index in [4.69, 9.17) is 0 Å². The molecule has 0 aliphatic heterocycles. The molecule has 0 saturated heterocycles. The summed E-state index contributed by atoms with van der Waals surface area (Å²) in [7, 11) is 0. The van der Waals surface area contributed by atoms with Gasteiger partial charge in [0.2, 0.25) is 0 Å². The maximum atomic E-state index is 12.7.